The van der Waals surface area contributed by atoms with Crippen LogP contribution < -0.4 is 10.2 Å². The van der Waals surface area contributed by atoms with Gasteiger partial charge in [0, 0.05) is 17.2 Å². The number of hydrogen-bond donors (Lipinski definition) is 2. The Kier molecular flexibility index (Phi) is 3.93. The molecule has 0 saturated heterocycles. The number of methoxy groups -OCH3 is 1. The third-order valence-electron chi connectivity index (χ3n) is 3.93. The van der Waals surface area contributed by atoms with Crippen LogP contribution in [0.1, 0.15) is 25.3 Å². The van der Waals surface area contributed by atoms with Crippen LogP contribution in [0.2, 0.25) is 0 Å². The Morgan fingerprint density at radius 2 is 1.71 bits per heavy atom. The maximum Gasteiger partial charge on any atom is 0.193 e. The van der Waals surface area contributed by atoms with Crippen molar-refractivity contribution < 1.29 is 19.4 Å². The highest BCUT2D eigenvalue weighted by Gasteiger charge is 2.16. The number of benzene rings is 2. The zero-order valence-electron chi connectivity index (χ0n) is 13.7. The van der Waals surface area contributed by atoms with E-state index in [-0.39, 0.29) is 28.6 Å². The van der Waals surface area contributed by atoms with Crippen LogP contribution >= 0.6 is 0 Å². The van der Waals surface area contributed by atoms with Gasteiger partial charge in [0.25, 0.3) is 0 Å². The second kappa shape index (κ2) is 5.92. The van der Waals surface area contributed by atoms with Crippen molar-refractivity contribution in [3.63, 3.8) is 0 Å². The number of fused-ring (bicyclic) bond motifs is 1. The van der Waals surface area contributed by atoms with Gasteiger partial charge in [-0.1, -0.05) is 13.8 Å². The van der Waals surface area contributed by atoms with Gasteiger partial charge in [0.1, 0.15) is 28.6 Å². The number of phenols is 2. The van der Waals surface area contributed by atoms with Gasteiger partial charge in [0.15, 0.2) is 5.43 Å². The van der Waals surface area contributed by atoms with Crippen molar-refractivity contribution in [2.75, 3.05) is 7.11 Å². The molecule has 0 fully saturated rings. The number of phenolic OH excluding ortho intramolecular Hbond substituents is 2. The molecule has 0 amide bonds. The average Bonchev–Trinajstić information content (AvgIpc) is 2.53. The Balaban J connectivity index is 2.18. The van der Waals surface area contributed by atoms with Gasteiger partial charge in [0.2, 0.25) is 0 Å². The van der Waals surface area contributed by atoms with Gasteiger partial charge in [-0.05, 0) is 36.2 Å². The lowest BCUT2D eigenvalue weighted by molar-refractivity contribution is 0.415. The molecule has 24 heavy (non-hydrogen) atoms. The maximum atomic E-state index is 12.3. The molecule has 0 aliphatic heterocycles. The van der Waals surface area contributed by atoms with E-state index in [0.29, 0.717) is 27.8 Å². The molecule has 0 aliphatic carbocycles. The van der Waals surface area contributed by atoms with E-state index >= 15 is 0 Å². The zero-order valence-corrected chi connectivity index (χ0v) is 13.7. The SMILES string of the molecule is COc1ccc2oc(-c3cc(O)c(C(C)C)c(O)c3)cc(=O)c2c1. The van der Waals surface area contributed by atoms with Gasteiger partial charge in [-0.25, -0.2) is 0 Å². The second-order valence-electron chi connectivity index (χ2n) is 5.92. The van der Waals surface area contributed by atoms with Crippen molar-refractivity contribution in [1.82, 2.24) is 0 Å². The molecule has 0 atom stereocenters. The van der Waals surface area contributed by atoms with Crippen LogP contribution in [0.5, 0.6) is 17.2 Å². The largest absolute Gasteiger partial charge is 0.507 e. The number of rotatable bonds is 3. The summed E-state index contributed by atoms with van der Waals surface area (Å²) in [4.78, 5) is 12.3. The topological polar surface area (TPSA) is 79.9 Å². The lowest BCUT2D eigenvalue weighted by Crippen LogP contribution is -2.01. The predicted octanol–water partition coefficient (Wildman–Crippen LogP) is 4.00. The van der Waals surface area contributed by atoms with Crippen molar-refractivity contribution in [2.45, 2.75) is 19.8 Å². The van der Waals surface area contributed by atoms with E-state index in [4.69, 9.17) is 9.15 Å². The summed E-state index contributed by atoms with van der Waals surface area (Å²) in [5, 5.41) is 20.7. The third-order valence-corrected chi connectivity index (χ3v) is 3.93. The first-order chi connectivity index (χ1) is 11.4. The lowest BCUT2D eigenvalue weighted by Gasteiger charge is -2.12. The molecular weight excluding hydrogens is 308 g/mol. The molecule has 3 aromatic rings. The predicted molar refractivity (Wildman–Crippen MR) is 91.9 cm³/mol. The lowest BCUT2D eigenvalue weighted by atomic mass is 9.98. The van der Waals surface area contributed by atoms with Crippen molar-refractivity contribution in [3.05, 3.63) is 52.2 Å². The Hall–Kier alpha value is -2.95. The van der Waals surface area contributed by atoms with E-state index in [1.807, 2.05) is 13.8 Å². The van der Waals surface area contributed by atoms with Gasteiger partial charge in [-0.3, -0.25) is 4.79 Å². The fourth-order valence-electron chi connectivity index (χ4n) is 2.76. The Morgan fingerprint density at radius 3 is 2.29 bits per heavy atom. The minimum atomic E-state index is -0.225. The molecule has 5 heteroatoms. The van der Waals surface area contributed by atoms with Crippen LogP contribution in [-0.4, -0.2) is 17.3 Å². The summed E-state index contributed by atoms with van der Waals surface area (Å²) in [6.07, 6.45) is 0. The molecule has 0 bridgehead atoms. The summed E-state index contributed by atoms with van der Waals surface area (Å²) < 4.78 is 10.9. The summed E-state index contributed by atoms with van der Waals surface area (Å²) in [5.74, 6) is 0.753. The van der Waals surface area contributed by atoms with Crippen molar-refractivity contribution in [3.8, 4) is 28.6 Å². The van der Waals surface area contributed by atoms with E-state index in [9.17, 15) is 15.0 Å². The molecule has 0 unspecified atom stereocenters. The second-order valence-corrected chi connectivity index (χ2v) is 5.92. The highest BCUT2D eigenvalue weighted by Crippen LogP contribution is 2.38. The van der Waals surface area contributed by atoms with Crippen molar-refractivity contribution >= 4 is 11.0 Å². The quantitative estimate of drug-likeness (QED) is 0.760. The number of hydrogen-bond acceptors (Lipinski definition) is 5. The van der Waals surface area contributed by atoms with Crippen LogP contribution in [0.25, 0.3) is 22.3 Å². The Labute approximate surface area is 138 Å². The molecule has 3 rings (SSSR count). The normalized spacial score (nSPS) is 11.2. The van der Waals surface area contributed by atoms with Crippen molar-refractivity contribution in [2.24, 2.45) is 0 Å². The molecule has 0 radical (unpaired) electrons. The van der Waals surface area contributed by atoms with E-state index in [0.717, 1.165) is 0 Å². The Morgan fingerprint density at radius 1 is 1.04 bits per heavy atom. The maximum absolute atomic E-state index is 12.3. The highest BCUT2D eigenvalue weighted by atomic mass is 16.5. The number of aromatic hydroxyl groups is 2. The molecule has 0 aliphatic rings. The molecule has 5 nitrogen and oxygen atoms in total. The zero-order chi connectivity index (χ0) is 17.4. The monoisotopic (exact) mass is 326 g/mol. The van der Waals surface area contributed by atoms with E-state index < -0.39 is 0 Å². The number of ether oxygens (including phenoxy) is 1. The summed E-state index contributed by atoms with van der Waals surface area (Å²) in [6.45, 7) is 3.75. The Bertz CT molecular complexity index is 946. The van der Waals surface area contributed by atoms with Crippen LogP contribution in [0.3, 0.4) is 0 Å². The standard InChI is InChI=1S/C19H18O5/c1-10(2)19-15(21)6-11(7-16(19)22)18-9-14(20)13-8-12(23-3)4-5-17(13)24-18/h4-10,21-22H,1-3H3. The molecule has 2 aromatic carbocycles. The fraction of sp³-hybridized carbons (Fsp3) is 0.211. The first-order valence-corrected chi connectivity index (χ1v) is 7.59. The molecule has 124 valence electrons. The summed E-state index contributed by atoms with van der Waals surface area (Å²) in [7, 11) is 1.53. The fourth-order valence-corrected chi connectivity index (χ4v) is 2.76. The van der Waals surface area contributed by atoms with Gasteiger partial charge < -0.3 is 19.4 Å². The van der Waals surface area contributed by atoms with Crippen LogP contribution in [0, 0.1) is 0 Å². The molecule has 2 N–H and O–H groups in total. The molecule has 0 spiro atoms. The van der Waals surface area contributed by atoms with Gasteiger partial charge in [0.05, 0.1) is 12.5 Å². The van der Waals surface area contributed by atoms with Gasteiger partial charge in [-0.2, -0.15) is 0 Å². The molecule has 1 heterocycles. The summed E-state index contributed by atoms with van der Waals surface area (Å²) in [5.41, 5.74) is 1.08. The minimum Gasteiger partial charge on any atom is -0.507 e. The van der Waals surface area contributed by atoms with E-state index in [2.05, 4.69) is 0 Å². The van der Waals surface area contributed by atoms with E-state index in [1.54, 1.807) is 18.2 Å². The minimum absolute atomic E-state index is 0.0301. The van der Waals surface area contributed by atoms with Crippen molar-refractivity contribution in [1.29, 1.82) is 0 Å². The van der Waals surface area contributed by atoms with E-state index in [1.165, 1.54) is 25.3 Å². The highest BCUT2D eigenvalue weighted by molar-refractivity contribution is 5.80. The first kappa shape index (κ1) is 15.9. The van der Waals surface area contributed by atoms with Crippen LogP contribution in [-0.2, 0) is 0 Å². The van der Waals surface area contributed by atoms with Gasteiger partial charge >= 0.3 is 0 Å². The molecular formula is C19H18O5. The van der Waals surface area contributed by atoms with Crippen LogP contribution in [0.15, 0.2) is 45.6 Å². The molecule has 1 aromatic heterocycles. The first-order valence-electron chi connectivity index (χ1n) is 7.59. The summed E-state index contributed by atoms with van der Waals surface area (Å²) >= 11 is 0. The summed E-state index contributed by atoms with van der Waals surface area (Å²) in [6, 6.07) is 9.28. The smallest absolute Gasteiger partial charge is 0.193 e. The molecule has 0 saturated carbocycles. The van der Waals surface area contributed by atoms with Crippen LogP contribution in [0.4, 0.5) is 0 Å². The average molecular weight is 326 g/mol. The van der Waals surface area contributed by atoms with Gasteiger partial charge in [-0.15, -0.1) is 0 Å². The third kappa shape index (κ3) is 2.69.